The summed E-state index contributed by atoms with van der Waals surface area (Å²) in [5.74, 6) is -5.92. The first-order valence-electron chi connectivity index (χ1n) is 33.4. The minimum atomic E-state index is -2.66. The van der Waals surface area contributed by atoms with Crippen LogP contribution in [0.3, 0.4) is 0 Å². The molecule has 4 fully saturated rings. The number of benzene rings is 2. The van der Waals surface area contributed by atoms with E-state index in [0.717, 1.165) is 43.6 Å². The second-order valence-corrected chi connectivity index (χ2v) is 29.6. The van der Waals surface area contributed by atoms with Crippen molar-refractivity contribution in [3.63, 3.8) is 0 Å². The molecule has 33 heteroatoms. The fourth-order valence-electron chi connectivity index (χ4n) is 17.0. The summed E-state index contributed by atoms with van der Waals surface area (Å²) in [6.07, 6.45) is -3.98. The number of carbonyl (C=O) groups is 7. The van der Waals surface area contributed by atoms with Crippen LogP contribution in [-0.4, -0.2) is 263 Å². The van der Waals surface area contributed by atoms with Crippen LogP contribution in [0.1, 0.15) is 93.8 Å². The second-order valence-electron chi connectivity index (χ2n) is 27.0. The molecule has 6 aliphatic heterocycles. The molecule has 2 aromatic heterocycles. The fraction of sp³-hybridized carbons (Fsp3) is 0.621. The fourth-order valence-corrected chi connectivity index (χ4v) is 19.0. The molecule has 1 aliphatic carbocycles. The zero-order chi connectivity index (χ0) is 71.1. The summed E-state index contributed by atoms with van der Waals surface area (Å²) in [6.45, 7) is 7.85. The predicted octanol–water partition coefficient (Wildman–Crippen LogP) is -0.0168. The van der Waals surface area contributed by atoms with Gasteiger partial charge in [0, 0.05) is 115 Å². The molecule has 7 aliphatic rings. The van der Waals surface area contributed by atoms with Gasteiger partial charge in [-0.25, -0.2) is 24.5 Å². The Kier molecular flexibility index (Phi) is 21.7. The number of rotatable bonds is 25. The van der Waals surface area contributed by atoms with Crippen molar-refractivity contribution < 1.29 is 98.1 Å². The van der Waals surface area contributed by atoms with Crippen molar-refractivity contribution >= 4 is 79.9 Å². The molecule has 4 amide bonds. The number of carboxylic acids is 2. The van der Waals surface area contributed by atoms with E-state index >= 15 is 9.59 Å². The van der Waals surface area contributed by atoms with Crippen LogP contribution in [-0.2, 0) is 77.9 Å². The first kappa shape index (κ1) is 73.1. The molecule has 3 saturated heterocycles. The number of ether oxygens (including phenoxy) is 5. The van der Waals surface area contributed by atoms with Gasteiger partial charge in [-0.15, -0.1) is 5.10 Å². The number of amides is 4. The Labute approximate surface area is 578 Å². The Morgan fingerprint density at radius 1 is 0.889 bits per heavy atom. The zero-order valence-corrected chi connectivity index (χ0v) is 57.6. The molecule has 2 bridgehead atoms. The molecule has 4 aromatic rings. The first-order valence-corrected chi connectivity index (χ1v) is 35.9. The van der Waals surface area contributed by atoms with Gasteiger partial charge >= 0.3 is 24.0 Å². The van der Waals surface area contributed by atoms with Gasteiger partial charge in [0.25, 0.3) is 5.91 Å². The number of piperidine rings is 1. The van der Waals surface area contributed by atoms with Gasteiger partial charge < -0.3 is 85.1 Å². The molecule has 99 heavy (non-hydrogen) atoms. The van der Waals surface area contributed by atoms with E-state index < -0.39 is 130 Å². The average molecular weight is 1420 g/mol. The van der Waals surface area contributed by atoms with Crippen LogP contribution >= 0.6 is 21.6 Å². The molecule has 13 N–H and O–H groups in total. The number of aromatic amines is 1. The van der Waals surface area contributed by atoms with Crippen molar-refractivity contribution in [3.05, 3.63) is 82.8 Å². The van der Waals surface area contributed by atoms with Crippen molar-refractivity contribution in [2.45, 2.75) is 168 Å². The van der Waals surface area contributed by atoms with Gasteiger partial charge in [-0.2, -0.15) is 0 Å². The van der Waals surface area contributed by atoms with Crippen molar-refractivity contribution in [1.29, 1.82) is 0 Å². The minimum Gasteiger partial charge on any atom is -0.496 e. The molecule has 17 atom stereocenters. The Hall–Kier alpha value is -7.15. The second kappa shape index (κ2) is 29.4. The third-order valence-corrected chi connectivity index (χ3v) is 23.7. The standard InChI is InChI=1S/C66H89N11O20S2/c1-7-13-46(78)67-42(26-36-32-77(73-70-36)22-23-95-55-49(81)47(79)48(80)50(97-55)54(85)86)52(82)69-43(53(83)84)33-99-98-25-24-96-61(90)72-71-59(88)66(92)57-64(18-21-76-19-12-17-63(9-3,56(64)76)58(66)87)39-27-40(45(93-5)28-44(39)74(57)4)65(60(89)94-6)30-35-29-62(91,8-2)34-75(31-35)20-16-38-37-14-10-11-15-41(37)68-51(38)65/h10-12,14-15,17,27-28,32,35,42-43,47-50,55-58,68,79-81,87,91-92H,7-9,13,16,18-26,29-31,33-34H2,1-6H3,(H,67,78)(H,69,82)(H,71,88)(H,72,90)(H,83,84)(H,85,86)/t35-,42+,43-,47+,48?,49+,50?,55?,56+,57-,58-,62+,63-,64-,65+,66+/m1/s1. The van der Waals surface area contributed by atoms with Gasteiger partial charge in [0.1, 0.15) is 54.3 Å². The van der Waals surface area contributed by atoms with Crippen LogP contribution in [0.25, 0.3) is 10.9 Å². The molecule has 0 radical (unpaired) electrons. The van der Waals surface area contributed by atoms with Crippen LogP contribution in [0.2, 0.25) is 0 Å². The van der Waals surface area contributed by atoms with Gasteiger partial charge in [0.2, 0.25) is 11.8 Å². The van der Waals surface area contributed by atoms with Gasteiger partial charge in [-0.3, -0.25) is 34.4 Å². The smallest absolute Gasteiger partial charge is 0.426 e. The monoisotopic (exact) mass is 1420 g/mol. The summed E-state index contributed by atoms with van der Waals surface area (Å²) in [6, 6.07) is 7.33. The maximum atomic E-state index is 15.6. The molecule has 1 saturated carbocycles. The van der Waals surface area contributed by atoms with Crippen molar-refractivity contribution in [2.24, 2.45) is 11.3 Å². The number of carboxylic acid groups (broad SMARTS) is 2. The lowest BCUT2D eigenvalue weighted by atomic mass is 9.47. The lowest BCUT2D eigenvalue weighted by molar-refractivity contribution is -0.294. The minimum absolute atomic E-state index is 0.0511. The Bertz CT molecular complexity index is 3730. The predicted molar refractivity (Wildman–Crippen MR) is 357 cm³/mol. The summed E-state index contributed by atoms with van der Waals surface area (Å²) < 4.78 is 29.6. The number of anilines is 1. The number of aromatic nitrogens is 4. The summed E-state index contributed by atoms with van der Waals surface area (Å²) >= 11 is 0. The highest BCUT2D eigenvalue weighted by Gasteiger charge is 2.79. The largest absolute Gasteiger partial charge is 0.496 e. The highest BCUT2D eigenvalue weighted by Crippen LogP contribution is 2.68. The number of aliphatic hydroxyl groups excluding tert-OH is 4. The Morgan fingerprint density at radius 2 is 1.67 bits per heavy atom. The van der Waals surface area contributed by atoms with Crippen LogP contribution in [0.5, 0.6) is 5.75 Å². The number of aliphatic hydroxyl groups is 6. The van der Waals surface area contributed by atoms with E-state index in [0.29, 0.717) is 87.5 Å². The van der Waals surface area contributed by atoms with Crippen LogP contribution < -0.4 is 31.1 Å². The molecule has 31 nitrogen and oxygen atoms in total. The third-order valence-electron chi connectivity index (χ3n) is 21.4. The van der Waals surface area contributed by atoms with E-state index in [1.807, 2.05) is 62.4 Å². The Morgan fingerprint density at radius 3 is 2.38 bits per heavy atom. The summed E-state index contributed by atoms with van der Waals surface area (Å²) in [5.41, 5.74) is 1.48. The number of nitrogens with zero attached hydrogens (tertiary/aromatic N) is 6. The van der Waals surface area contributed by atoms with Gasteiger partial charge in [-0.05, 0) is 80.7 Å². The Balaban J connectivity index is 0.765. The topological polar surface area (TPSA) is 432 Å². The van der Waals surface area contributed by atoms with Crippen molar-refractivity contribution in [1.82, 2.24) is 51.3 Å². The van der Waals surface area contributed by atoms with E-state index in [1.165, 1.54) is 25.1 Å². The third kappa shape index (κ3) is 13.2. The molecule has 11 rings (SSSR count). The number of carbonyl (C=O) groups excluding carboxylic acids is 5. The van der Waals surface area contributed by atoms with Gasteiger partial charge in [0.05, 0.1) is 44.7 Å². The average Bonchev–Trinajstić information content (AvgIpc) is 1.50. The molecule has 8 heterocycles. The van der Waals surface area contributed by atoms with E-state index in [9.17, 15) is 64.8 Å². The first-order chi connectivity index (χ1) is 47.3. The highest BCUT2D eigenvalue weighted by molar-refractivity contribution is 8.76. The van der Waals surface area contributed by atoms with Crippen LogP contribution in [0, 0.1) is 11.3 Å². The molecule has 2 aromatic carbocycles. The van der Waals surface area contributed by atoms with Crippen molar-refractivity contribution in [2.75, 3.05) is 83.6 Å². The molecule has 540 valence electrons. The number of aliphatic carboxylic acids is 2. The lowest BCUT2D eigenvalue weighted by Gasteiger charge is -2.63. The van der Waals surface area contributed by atoms with E-state index in [1.54, 1.807) is 18.9 Å². The number of H-pyrrole nitrogens is 1. The molecule has 1 spiro atoms. The molecular weight excluding hydrogens is 1330 g/mol. The normalized spacial score (nSPS) is 31.9. The molecule has 4 unspecified atom stereocenters. The number of fused-ring (bicyclic) bond motifs is 6. The SMILES string of the molecule is CCCC(=O)N[C@@H](Cc1cn(CCOC2OC(C(=O)O)C(O)[C@H](O)[C@@H]2O)nn1)C(=O)N[C@H](CSSCCOC(=O)NNC(=O)[C@@]1(O)[C@H](O)[C@]2(CC)C=CCN3CC[C@@]4(c5cc([C@@]6(C(=O)OC)C[C@@H]7CN(CCc8c6[nH]c6ccccc86)C[C@](O)(CC)C7)c(OC)cc5N(C)[C@@H]14)[C@@H]32)C(=O)O. The number of likely N-dealkylation sites (N-methyl/N-ethyl adjacent to an activating group) is 1. The quantitative estimate of drug-likeness (QED) is 0.0136. The van der Waals surface area contributed by atoms with Gasteiger partial charge in [-0.1, -0.05) is 77.9 Å². The number of hydrogen-bond acceptors (Lipinski definition) is 25. The van der Waals surface area contributed by atoms with E-state index in [2.05, 4.69) is 46.6 Å². The highest BCUT2D eigenvalue weighted by atomic mass is 33.1. The summed E-state index contributed by atoms with van der Waals surface area (Å²) in [4.78, 5) is 105. The number of methoxy groups -OCH3 is 2. The van der Waals surface area contributed by atoms with Crippen molar-refractivity contribution in [3.8, 4) is 5.75 Å². The summed E-state index contributed by atoms with van der Waals surface area (Å²) in [7, 11) is 6.80. The van der Waals surface area contributed by atoms with E-state index in [4.69, 9.17) is 23.7 Å². The number of hydrogen-bond donors (Lipinski definition) is 13. The number of esters is 1. The zero-order valence-electron chi connectivity index (χ0n) is 56.0. The lowest BCUT2D eigenvalue weighted by Crippen LogP contribution is -2.82. The van der Waals surface area contributed by atoms with Crippen LogP contribution in [0.4, 0.5) is 10.5 Å². The number of para-hydroxylation sites is 1. The number of hydrazine groups is 1. The van der Waals surface area contributed by atoms with E-state index in [-0.39, 0.29) is 68.6 Å². The van der Waals surface area contributed by atoms with Gasteiger partial charge in [0.15, 0.2) is 18.0 Å². The summed E-state index contributed by atoms with van der Waals surface area (Å²) in [5, 5.41) is 103. The molecular formula is C66H89N11O20S2. The number of nitrogens with one attached hydrogen (secondary N) is 5. The van der Waals surface area contributed by atoms with Crippen LogP contribution in [0.15, 0.2) is 54.7 Å². The maximum absolute atomic E-state index is 15.6. The maximum Gasteiger partial charge on any atom is 0.426 e.